The van der Waals surface area contributed by atoms with Crippen molar-refractivity contribution in [1.29, 1.82) is 0 Å². The smallest absolute Gasteiger partial charge is 0.193 e. The van der Waals surface area contributed by atoms with Crippen LogP contribution in [-0.4, -0.2) is 61.6 Å². The monoisotopic (exact) mass is 382 g/mol. The summed E-state index contributed by atoms with van der Waals surface area (Å²) in [5.41, 5.74) is 2.04. The van der Waals surface area contributed by atoms with Crippen LogP contribution in [0.25, 0.3) is 0 Å². The molecule has 1 aliphatic heterocycles. The molecular weight excluding hydrogens is 352 g/mol. The third-order valence-corrected chi connectivity index (χ3v) is 8.46. The van der Waals surface area contributed by atoms with Gasteiger partial charge in [-0.25, -0.2) is 8.42 Å². The van der Waals surface area contributed by atoms with Gasteiger partial charge in [-0.15, -0.1) is 0 Å². The van der Waals surface area contributed by atoms with Crippen molar-refractivity contribution in [3.63, 3.8) is 0 Å². The van der Waals surface area contributed by atoms with E-state index >= 15 is 0 Å². The summed E-state index contributed by atoms with van der Waals surface area (Å²) in [7, 11) is -1.27. The van der Waals surface area contributed by atoms with E-state index in [-0.39, 0.29) is 5.75 Å². The van der Waals surface area contributed by atoms with Crippen molar-refractivity contribution in [2.24, 2.45) is 4.99 Å². The van der Waals surface area contributed by atoms with Crippen LogP contribution >= 0.6 is 0 Å². The van der Waals surface area contributed by atoms with Gasteiger partial charge in [0.05, 0.1) is 16.2 Å². The molecule has 26 heavy (non-hydrogen) atoms. The molecule has 0 aromatic carbocycles. The molecule has 0 unspecified atom stereocenters. The average molecular weight is 383 g/mol. The lowest BCUT2D eigenvalue weighted by Gasteiger charge is -2.45. The Morgan fingerprint density at radius 2 is 2.04 bits per heavy atom. The molecule has 1 spiro atoms. The summed E-state index contributed by atoms with van der Waals surface area (Å²) in [6, 6.07) is 0. The van der Waals surface area contributed by atoms with Gasteiger partial charge in [0.25, 0.3) is 0 Å². The molecule has 1 aromatic heterocycles. The number of guanidine groups is 1. The molecule has 3 rings (SSSR count). The number of rotatable bonds is 3. The highest BCUT2D eigenvalue weighted by molar-refractivity contribution is 7.92. The molecule has 0 amide bonds. The van der Waals surface area contributed by atoms with Crippen molar-refractivity contribution in [2.75, 3.05) is 32.4 Å². The Balaban J connectivity index is 1.65. The topological polar surface area (TPSA) is 87.8 Å². The number of aryl methyl sites for hydroxylation is 2. The van der Waals surface area contributed by atoms with Crippen LogP contribution in [0.1, 0.15) is 49.1 Å². The van der Waals surface area contributed by atoms with Crippen LogP contribution < -0.4 is 5.32 Å². The maximum Gasteiger partial charge on any atom is 0.193 e. The van der Waals surface area contributed by atoms with E-state index in [1.165, 1.54) is 0 Å². The fraction of sp³-hybridized carbons (Fsp3) is 0.778. The van der Waals surface area contributed by atoms with E-state index in [2.05, 4.69) is 20.4 Å². The zero-order valence-corrected chi connectivity index (χ0v) is 16.9. The fourth-order valence-corrected chi connectivity index (χ4v) is 6.47. The minimum Gasteiger partial charge on any atom is -0.361 e. The number of sulfone groups is 1. The fourth-order valence-electron chi connectivity index (χ4n) is 4.31. The highest BCUT2D eigenvalue weighted by atomic mass is 32.2. The highest BCUT2D eigenvalue weighted by Gasteiger charge is 2.48. The number of hydrogen-bond acceptors (Lipinski definition) is 5. The first-order chi connectivity index (χ1) is 12.4. The van der Waals surface area contributed by atoms with Gasteiger partial charge in [0.1, 0.15) is 5.76 Å². The maximum atomic E-state index is 12.8. The lowest BCUT2D eigenvalue weighted by molar-refractivity contribution is 0.274. The quantitative estimate of drug-likeness (QED) is 0.634. The molecule has 2 heterocycles. The van der Waals surface area contributed by atoms with Crippen LogP contribution in [0.4, 0.5) is 0 Å². The second kappa shape index (κ2) is 7.58. The van der Waals surface area contributed by atoms with Gasteiger partial charge in [-0.3, -0.25) is 4.99 Å². The predicted molar refractivity (Wildman–Crippen MR) is 102 cm³/mol. The molecule has 8 heteroatoms. The van der Waals surface area contributed by atoms with Gasteiger partial charge >= 0.3 is 0 Å². The number of nitrogens with one attached hydrogen (secondary N) is 1. The number of hydrogen-bond donors (Lipinski definition) is 1. The zero-order chi connectivity index (χ0) is 18.8. The van der Waals surface area contributed by atoms with Crippen LogP contribution in [0.2, 0.25) is 0 Å². The summed E-state index contributed by atoms with van der Waals surface area (Å²) in [4.78, 5) is 6.52. The minimum atomic E-state index is -3.03. The third kappa shape index (κ3) is 3.61. The predicted octanol–water partition coefficient (Wildman–Crippen LogP) is 1.84. The lowest BCUT2D eigenvalue weighted by Crippen LogP contribution is -2.60. The molecule has 1 saturated carbocycles. The van der Waals surface area contributed by atoms with Gasteiger partial charge in [0.15, 0.2) is 15.8 Å². The first-order valence-corrected chi connectivity index (χ1v) is 11.1. The van der Waals surface area contributed by atoms with E-state index in [0.717, 1.165) is 61.5 Å². The molecule has 0 radical (unpaired) electrons. The van der Waals surface area contributed by atoms with Gasteiger partial charge in [0.2, 0.25) is 0 Å². The number of aromatic nitrogens is 1. The second-order valence-corrected chi connectivity index (χ2v) is 10.0. The summed E-state index contributed by atoms with van der Waals surface area (Å²) < 4.78 is 30.1. The molecular formula is C18H30N4O3S. The minimum absolute atomic E-state index is 0.220. The molecule has 1 aliphatic carbocycles. The van der Waals surface area contributed by atoms with Crippen molar-refractivity contribution < 1.29 is 12.9 Å². The maximum absolute atomic E-state index is 12.8. The molecule has 2 aliphatic rings. The van der Waals surface area contributed by atoms with Crippen LogP contribution in [0.3, 0.4) is 0 Å². The van der Waals surface area contributed by atoms with E-state index in [0.29, 0.717) is 19.6 Å². The first-order valence-electron chi connectivity index (χ1n) is 9.48. The van der Waals surface area contributed by atoms with Gasteiger partial charge in [-0.2, -0.15) is 0 Å². The SMILES string of the molecule is CN=C(NCCc1c(C)noc1C)N1CCS(=O)(=O)C2(CCCCC2)C1. The van der Waals surface area contributed by atoms with E-state index in [1.54, 1.807) is 7.05 Å². The van der Waals surface area contributed by atoms with Gasteiger partial charge < -0.3 is 14.7 Å². The molecule has 146 valence electrons. The Hall–Kier alpha value is -1.57. The lowest BCUT2D eigenvalue weighted by atomic mass is 9.87. The molecule has 2 fully saturated rings. The molecule has 7 nitrogen and oxygen atoms in total. The summed E-state index contributed by atoms with van der Waals surface area (Å²) in [5, 5.41) is 7.38. The molecule has 1 saturated heterocycles. The summed E-state index contributed by atoms with van der Waals surface area (Å²) in [5.74, 6) is 1.86. The van der Waals surface area contributed by atoms with Crippen molar-refractivity contribution in [3.05, 3.63) is 17.0 Å². The summed E-state index contributed by atoms with van der Waals surface area (Å²) >= 11 is 0. The second-order valence-electron chi connectivity index (χ2n) is 7.51. The van der Waals surface area contributed by atoms with Crippen molar-refractivity contribution in [1.82, 2.24) is 15.4 Å². The largest absolute Gasteiger partial charge is 0.361 e. The van der Waals surface area contributed by atoms with Gasteiger partial charge in [-0.05, 0) is 33.1 Å². The van der Waals surface area contributed by atoms with Crippen molar-refractivity contribution in [3.8, 4) is 0 Å². The van der Waals surface area contributed by atoms with Crippen molar-refractivity contribution in [2.45, 2.75) is 57.1 Å². The standard InChI is InChI=1S/C18H30N4O3S/c1-14-16(15(2)25-21-14)7-10-20-17(19-3)22-11-12-26(23,24)18(13-22)8-5-4-6-9-18/h4-13H2,1-3H3,(H,19,20). The van der Waals surface area contributed by atoms with Gasteiger partial charge in [0, 0.05) is 32.2 Å². The van der Waals surface area contributed by atoms with Crippen LogP contribution in [0.15, 0.2) is 9.52 Å². The van der Waals surface area contributed by atoms with Crippen LogP contribution in [0, 0.1) is 13.8 Å². The Kier molecular flexibility index (Phi) is 5.60. The van der Waals surface area contributed by atoms with E-state index in [1.807, 2.05) is 13.8 Å². The molecule has 0 bridgehead atoms. The van der Waals surface area contributed by atoms with Crippen molar-refractivity contribution >= 4 is 15.8 Å². The van der Waals surface area contributed by atoms with Crippen LogP contribution in [0.5, 0.6) is 0 Å². The molecule has 0 atom stereocenters. The summed E-state index contributed by atoms with van der Waals surface area (Å²) in [6.07, 6.45) is 5.51. The number of aliphatic imine (C=N–C) groups is 1. The molecule has 1 N–H and O–H groups in total. The highest BCUT2D eigenvalue weighted by Crippen LogP contribution is 2.38. The Labute approximate surface area is 156 Å². The number of nitrogens with zero attached hydrogens (tertiary/aromatic N) is 3. The van der Waals surface area contributed by atoms with Gasteiger partial charge in [-0.1, -0.05) is 24.4 Å². The van der Waals surface area contributed by atoms with E-state index in [4.69, 9.17) is 4.52 Å². The van der Waals surface area contributed by atoms with E-state index in [9.17, 15) is 8.42 Å². The Morgan fingerprint density at radius 1 is 1.31 bits per heavy atom. The third-order valence-electron chi connectivity index (χ3n) is 5.88. The zero-order valence-electron chi connectivity index (χ0n) is 16.0. The summed E-state index contributed by atoms with van der Waals surface area (Å²) in [6.45, 7) is 5.65. The normalized spacial score (nSPS) is 22.6. The Morgan fingerprint density at radius 3 is 2.65 bits per heavy atom. The Bertz CT molecular complexity index is 744. The van der Waals surface area contributed by atoms with Crippen LogP contribution in [-0.2, 0) is 16.3 Å². The molecule has 1 aromatic rings. The first kappa shape index (κ1) is 19.2. The average Bonchev–Trinajstić information content (AvgIpc) is 2.94. The van der Waals surface area contributed by atoms with E-state index < -0.39 is 14.6 Å².